The van der Waals surface area contributed by atoms with Crippen LogP contribution in [0.25, 0.3) is 0 Å². The molecule has 0 unspecified atom stereocenters. The van der Waals surface area contributed by atoms with Crippen LogP contribution in [0.2, 0.25) is 5.02 Å². The van der Waals surface area contributed by atoms with Gasteiger partial charge in [-0.2, -0.15) is 0 Å². The van der Waals surface area contributed by atoms with Crippen LogP contribution < -0.4 is 5.32 Å². The van der Waals surface area contributed by atoms with E-state index in [4.69, 9.17) is 11.6 Å². The minimum Gasteiger partial charge on any atom is -0.352 e. The molecule has 1 saturated carbocycles. The number of hydrogen-bond acceptors (Lipinski definition) is 3. The van der Waals surface area contributed by atoms with E-state index in [1.54, 1.807) is 4.90 Å². The van der Waals surface area contributed by atoms with E-state index >= 15 is 0 Å². The number of halogens is 1. The van der Waals surface area contributed by atoms with Crippen molar-refractivity contribution in [3.8, 4) is 0 Å². The molecule has 4 rings (SSSR count). The third-order valence-electron chi connectivity index (χ3n) is 7.14. The van der Waals surface area contributed by atoms with Crippen LogP contribution in [0.4, 0.5) is 0 Å². The molecule has 3 aromatic rings. The number of nitrogens with zero attached hydrogens (tertiary/aromatic N) is 1. The SMILES string of the molecule is Cc1ccc(CN(C(=O)CSCc2ccccc2Cl)[C@H](Cc2ccccc2)C(=O)NC2CCCCC2)cc1. The largest absolute Gasteiger partial charge is 0.352 e. The minimum atomic E-state index is -0.589. The van der Waals surface area contributed by atoms with E-state index in [-0.39, 0.29) is 23.6 Å². The number of carbonyl (C=O) groups excluding carboxylic acids is 2. The van der Waals surface area contributed by atoms with Crippen LogP contribution in [-0.2, 0) is 28.3 Å². The third kappa shape index (κ3) is 8.37. The maximum absolute atomic E-state index is 13.8. The van der Waals surface area contributed by atoms with Gasteiger partial charge in [-0.25, -0.2) is 0 Å². The molecule has 4 nitrogen and oxygen atoms in total. The van der Waals surface area contributed by atoms with E-state index in [1.165, 1.54) is 18.2 Å². The highest BCUT2D eigenvalue weighted by atomic mass is 35.5. The summed E-state index contributed by atoms with van der Waals surface area (Å²) in [4.78, 5) is 29.4. The first-order valence-electron chi connectivity index (χ1n) is 13.5. The number of thioether (sulfide) groups is 1. The zero-order valence-corrected chi connectivity index (χ0v) is 23.6. The van der Waals surface area contributed by atoms with Gasteiger partial charge in [-0.3, -0.25) is 9.59 Å². The zero-order chi connectivity index (χ0) is 26.7. The first kappa shape index (κ1) is 28.3. The minimum absolute atomic E-state index is 0.0395. The van der Waals surface area contributed by atoms with Gasteiger partial charge < -0.3 is 10.2 Å². The second kappa shape index (κ2) is 14.4. The average molecular weight is 549 g/mol. The molecule has 0 bridgehead atoms. The summed E-state index contributed by atoms with van der Waals surface area (Å²) in [6, 6.07) is 25.5. The van der Waals surface area contributed by atoms with Gasteiger partial charge in [-0.15, -0.1) is 11.8 Å². The number of carbonyl (C=O) groups is 2. The molecule has 0 saturated heterocycles. The lowest BCUT2D eigenvalue weighted by atomic mass is 9.94. The molecule has 3 aromatic carbocycles. The number of benzene rings is 3. The molecule has 0 heterocycles. The number of nitrogens with one attached hydrogen (secondary N) is 1. The smallest absolute Gasteiger partial charge is 0.243 e. The van der Waals surface area contributed by atoms with Crippen molar-refractivity contribution in [3.05, 3.63) is 106 Å². The summed E-state index contributed by atoms with van der Waals surface area (Å²) < 4.78 is 0. The van der Waals surface area contributed by atoms with E-state index in [9.17, 15) is 9.59 Å². The monoisotopic (exact) mass is 548 g/mol. The van der Waals surface area contributed by atoms with Gasteiger partial charge in [0.2, 0.25) is 11.8 Å². The molecule has 1 fully saturated rings. The van der Waals surface area contributed by atoms with E-state index < -0.39 is 6.04 Å². The Balaban J connectivity index is 1.56. The lowest BCUT2D eigenvalue weighted by Crippen LogP contribution is -2.53. The maximum Gasteiger partial charge on any atom is 0.243 e. The van der Waals surface area contributed by atoms with Gasteiger partial charge in [-0.05, 0) is 42.5 Å². The van der Waals surface area contributed by atoms with E-state index in [0.717, 1.165) is 47.9 Å². The van der Waals surface area contributed by atoms with Crippen LogP contribution in [0.3, 0.4) is 0 Å². The van der Waals surface area contributed by atoms with Gasteiger partial charge in [0.1, 0.15) is 6.04 Å². The van der Waals surface area contributed by atoms with Crippen molar-refractivity contribution in [2.24, 2.45) is 0 Å². The summed E-state index contributed by atoms with van der Waals surface area (Å²) in [5.74, 6) is 0.820. The predicted molar refractivity (Wildman–Crippen MR) is 158 cm³/mol. The van der Waals surface area contributed by atoms with Crippen LogP contribution in [0, 0.1) is 6.92 Å². The highest BCUT2D eigenvalue weighted by Crippen LogP contribution is 2.23. The van der Waals surface area contributed by atoms with Gasteiger partial charge in [0, 0.05) is 29.8 Å². The Morgan fingerprint density at radius 2 is 1.61 bits per heavy atom. The van der Waals surface area contributed by atoms with Gasteiger partial charge in [-0.1, -0.05) is 109 Å². The molecule has 1 aliphatic rings. The summed E-state index contributed by atoms with van der Waals surface area (Å²) in [6.45, 7) is 2.44. The lowest BCUT2D eigenvalue weighted by Gasteiger charge is -2.33. The molecule has 38 heavy (non-hydrogen) atoms. The first-order chi connectivity index (χ1) is 18.5. The van der Waals surface area contributed by atoms with Gasteiger partial charge in [0.05, 0.1) is 5.75 Å². The zero-order valence-electron chi connectivity index (χ0n) is 22.1. The molecule has 1 N–H and O–H groups in total. The summed E-state index contributed by atoms with van der Waals surface area (Å²) >= 11 is 7.87. The van der Waals surface area contributed by atoms with Crippen molar-refractivity contribution in [1.82, 2.24) is 10.2 Å². The third-order valence-corrected chi connectivity index (χ3v) is 8.47. The van der Waals surface area contributed by atoms with E-state index in [0.29, 0.717) is 23.7 Å². The maximum atomic E-state index is 13.8. The fourth-order valence-corrected chi connectivity index (χ4v) is 6.13. The number of aryl methyl sites for hydroxylation is 1. The molecular weight excluding hydrogens is 512 g/mol. The highest BCUT2D eigenvalue weighted by Gasteiger charge is 2.31. The van der Waals surface area contributed by atoms with Gasteiger partial charge in [0.15, 0.2) is 0 Å². The fraction of sp³-hybridized carbons (Fsp3) is 0.375. The summed E-state index contributed by atoms with van der Waals surface area (Å²) in [7, 11) is 0. The van der Waals surface area contributed by atoms with Crippen molar-refractivity contribution in [2.45, 2.75) is 69.8 Å². The second-order valence-electron chi connectivity index (χ2n) is 10.1. The highest BCUT2D eigenvalue weighted by molar-refractivity contribution is 7.99. The van der Waals surface area contributed by atoms with Crippen LogP contribution in [0.15, 0.2) is 78.9 Å². The first-order valence-corrected chi connectivity index (χ1v) is 15.0. The molecule has 6 heteroatoms. The van der Waals surface area contributed by atoms with Crippen LogP contribution >= 0.6 is 23.4 Å². The Hall–Kier alpha value is -2.76. The van der Waals surface area contributed by atoms with E-state index in [1.807, 2.05) is 73.7 Å². The van der Waals surface area contributed by atoms with Crippen LogP contribution in [0.5, 0.6) is 0 Å². The fourth-order valence-electron chi connectivity index (χ4n) is 4.94. The van der Waals surface area contributed by atoms with Crippen molar-refractivity contribution in [1.29, 1.82) is 0 Å². The average Bonchev–Trinajstić information content (AvgIpc) is 2.94. The lowest BCUT2D eigenvalue weighted by molar-refractivity contribution is -0.139. The molecule has 200 valence electrons. The van der Waals surface area contributed by atoms with Gasteiger partial charge >= 0.3 is 0 Å². The summed E-state index contributed by atoms with van der Waals surface area (Å²) in [6.07, 6.45) is 5.98. The Labute approximate surface area is 236 Å². The standard InChI is InChI=1S/C32H37ClN2O2S/c1-24-16-18-26(19-17-24)21-35(31(36)23-38-22-27-12-8-9-15-29(27)33)30(20-25-10-4-2-5-11-25)32(37)34-28-13-6-3-7-14-28/h2,4-5,8-12,15-19,28,30H,3,6-7,13-14,20-23H2,1H3,(H,34,37)/t30-/m1/s1. The summed E-state index contributed by atoms with van der Waals surface area (Å²) in [5.41, 5.74) is 4.23. The molecule has 0 aliphatic heterocycles. The number of amides is 2. The van der Waals surface area contributed by atoms with Crippen molar-refractivity contribution < 1.29 is 9.59 Å². The Bertz CT molecular complexity index is 1180. The molecule has 0 radical (unpaired) electrons. The number of rotatable bonds is 11. The Kier molecular flexibility index (Phi) is 10.7. The van der Waals surface area contributed by atoms with E-state index in [2.05, 4.69) is 17.4 Å². The van der Waals surface area contributed by atoms with Crippen LogP contribution in [-0.4, -0.2) is 34.6 Å². The van der Waals surface area contributed by atoms with Crippen LogP contribution in [0.1, 0.15) is 54.4 Å². The predicted octanol–water partition coefficient (Wildman–Crippen LogP) is 6.97. The molecule has 0 aromatic heterocycles. The quantitative estimate of drug-likeness (QED) is 0.281. The van der Waals surface area contributed by atoms with Crippen molar-refractivity contribution in [3.63, 3.8) is 0 Å². The normalized spacial score (nSPS) is 14.6. The number of hydrogen-bond donors (Lipinski definition) is 1. The molecule has 2 amide bonds. The molecule has 0 spiro atoms. The second-order valence-corrected chi connectivity index (χ2v) is 11.5. The Morgan fingerprint density at radius 1 is 0.921 bits per heavy atom. The Morgan fingerprint density at radius 3 is 2.32 bits per heavy atom. The molecule has 1 aliphatic carbocycles. The van der Waals surface area contributed by atoms with Crippen molar-refractivity contribution in [2.75, 3.05) is 5.75 Å². The van der Waals surface area contributed by atoms with Crippen molar-refractivity contribution >= 4 is 35.2 Å². The molecule has 1 atom stereocenters. The topological polar surface area (TPSA) is 49.4 Å². The molecular formula is C32H37ClN2O2S. The summed E-state index contributed by atoms with van der Waals surface area (Å²) in [5, 5.41) is 4.01. The van der Waals surface area contributed by atoms with Gasteiger partial charge in [0.25, 0.3) is 0 Å².